The lowest BCUT2D eigenvalue weighted by Gasteiger charge is -2.25. The van der Waals surface area contributed by atoms with Gasteiger partial charge < -0.3 is 20.9 Å². The first-order valence-corrected chi connectivity index (χ1v) is 8.73. The van der Waals surface area contributed by atoms with Crippen molar-refractivity contribution < 1.29 is 14.0 Å². The molecule has 4 rings (SSSR count). The third-order valence-corrected chi connectivity index (χ3v) is 4.92. The quantitative estimate of drug-likeness (QED) is 0.651. The lowest BCUT2D eigenvalue weighted by atomic mass is 10.1. The maximum absolute atomic E-state index is 13.2. The van der Waals surface area contributed by atoms with Crippen molar-refractivity contribution in [3.63, 3.8) is 0 Å². The molecule has 0 saturated heterocycles. The maximum Gasteiger partial charge on any atom is 0.312 e. The molecule has 7 heteroatoms. The number of aromatic amines is 1. The molecule has 0 aliphatic carbocycles. The van der Waals surface area contributed by atoms with Crippen molar-refractivity contribution in [3.8, 4) is 0 Å². The second kappa shape index (κ2) is 6.75. The summed E-state index contributed by atoms with van der Waals surface area (Å²) in [5.41, 5.74) is 8.69. The average Bonchev–Trinajstić information content (AvgIpc) is 2.93. The van der Waals surface area contributed by atoms with Crippen molar-refractivity contribution in [1.29, 1.82) is 0 Å². The predicted octanol–water partition coefficient (Wildman–Crippen LogP) is 2.71. The zero-order chi connectivity index (χ0) is 19.0. The Morgan fingerprint density at radius 3 is 2.63 bits per heavy atom. The number of halogens is 1. The van der Waals surface area contributed by atoms with E-state index < -0.39 is 17.9 Å². The van der Waals surface area contributed by atoms with Gasteiger partial charge in [-0.3, -0.25) is 4.79 Å². The van der Waals surface area contributed by atoms with E-state index in [1.54, 1.807) is 4.90 Å². The van der Waals surface area contributed by atoms with Crippen LogP contribution in [0.3, 0.4) is 0 Å². The highest BCUT2D eigenvalue weighted by Gasteiger charge is 2.29. The highest BCUT2D eigenvalue weighted by atomic mass is 19.1. The summed E-state index contributed by atoms with van der Waals surface area (Å²) >= 11 is 0. The topological polar surface area (TPSA) is 91.2 Å². The Kier molecular flexibility index (Phi) is 4.27. The van der Waals surface area contributed by atoms with Gasteiger partial charge in [-0.1, -0.05) is 18.2 Å². The number of carbonyl (C=O) groups excluding carboxylic acids is 2. The Hall–Kier alpha value is -3.35. The molecular weight excluding hydrogens is 347 g/mol. The average molecular weight is 366 g/mol. The third kappa shape index (κ3) is 3.23. The molecule has 2 aromatic carbocycles. The van der Waals surface area contributed by atoms with Crippen molar-refractivity contribution in [2.75, 3.05) is 13.1 Å². The number of hydrogen-bond acceptors (Lipinski definition) is 2. The summed E-state index contributed by atoms with van der Waals surface area (Å²) in [5, 5.41) is 3.81. The number of para-hydroxylation sites is 1. The van der Waals surface area contributed by atoms with Crippen LogP contribution >= 0.6 is 0 Å². The molecule has 1 aliphatic heterocycles. The summed E-state index contributed by atoms with van der Waals surface area (Å²) in [4.78, 5) is 29.4. The van der Waals surface area contributed by atoms with Crippen molar-refractivity contribution in [2.24, 2.45) is 5.73 Å². The van der Waals surface area contributed by atoms with Gasteiger partial charge in [-0.25, -0.2) is 9.18 Å². The fraction of sp³-hybridized carbons (Fsp3) is 0.200. The molecule has 1 atom stereocenters. The minimum absolute atomic E-state index is 0.208. The number of H-pyrrole nitrogens is 1. The van der Waals surface area contributed by atoms with Gasteiger partial charge in [-0.2, -0.15) is 0 Å². The Bertz CT molecular complexity index is 1010. The SMILES string of the molecule is NC(=O)NC1CN(C(=O)c2ccc(F)cc2)CCc2c1[nH]c1ccccc21. The number of benzene rings is 2. The summed E-state index contributed by atoms with van der Waals surface area (Å²) in [6.07, 6.45) is 0.642. The third-order valence-electron chi connectivity index (χ3n) is 4.92. The first-order chi connectivity index (χ1) is 13.0. The van der Waals surface area contributed by atoms with Crippen molar-refractivity contribution >= 4 is 22.8 Å². The van der Waals surface area contributed by atoms with Crippen LogP contribution in [0.15, 0.2) is 48.5 Å². The van der Waals surface area contributed by atoms with E-state index in [2.05, 4.69) is 10.3 Å². The van der Waals surface area contributed by atoms with E-state index in [9.17, 15) is 14.0 Å². The van der Waals surface area contributed by atoms with Crippen molar-refractivity contribution in [3.05, 3.63) is 71.2 Å². The van der Waals surface area contributed by atoms with Crippen LogP contribution in [0.4, 0.5) is 9.18 Å². The monoisotopic (exact) mass is 366 g/mol. The molecule has 0 saturated carbocycles. The number of hydrogen-bond donors (Lipinski definition) is 3. The Morgan fingerprint density at radius 2 is 1.89 bits per heavy atom. The molecule has 1 unspecified atom stereocenters. The molecule has 1 aromatic heterocycles. The number of rotatable bonds is 2. The van der Waals surface area contributed by atoms with Crippen LogP contribution in [-0.4, -0.2) is 34.9 Å². The minimum Gasteiger partial charge on any atom is -0.356 e. The number of aromatic nitrogens is 1. The summed E-state index contributed by atoms with van der Waals surface area (Å²) in [6, 6.07) is 12.3. The van der Waals surface area contributed by atoms with Crippen LogP contribution in [0.2, 0.25) is 0 Å². The van der Waals surface area contributed by atoms with Gasteiger partial charge >= 0.3 is 6.03 Å². The molecule has 1 aliphatic rings. The molecule has 27 heavy (non-hydrogen) atoms. The van der Waals surface area contributed by atoms with Crippen LogP contribution in [-0.2, 0) is 6.42 Å². The molecular formula is C20H19FN4O2. The van der Waals surface area contributed by atoms with Gasteiger partial charge in [0.05, 0.1) is 6.04 Å². The molecule has 0 bridgehead atoms. The van der Waals surface area contributed by atoms with Crippen molar-refractivity contribution in [2.45, 2.75) is 12.5 Å². The van der Waals surface area contributed by atoms with Crippen LogP contribution in [0.5, 0.6) is 0 Å². The van der Waals surface area contributed by atoms with Crippen LogP contribution in [0.25, 0.3) is 10.9 Å². The van der Waals surface area contributed by atoms with E-state index in [0.29, 0.717) is 18.5 Å². The second-order valence-corrected chi connectivity index (χ2v) is 6.63. The lowest BCUT2D eigenvalue weighted by molar-refractivity contribution is 0.0747. The van der Waals surface area contributed by atoms with Gasteiger partial charge in [0.2, 0.25) is 0 Å². The smallest absolute Gasteiger partial charge is 0.312 e. The zero-order valence-electron chi connectivity index (χ0n) is 14.5. The number of amides is 3. The lowest BCUT2D eigenvalue weighted by Crippen LogP contribution is -2.42. The zero-order valence-corrected chi connectivity index (χ0v) is 14.5. The number of nitrogens with one attached hydrogen (secondary N) is 2. The van der Waals surface area contributed by atoms with Gasteiger partial charge in [0.15, 0.2) is 0 Å². The summed E-state index contributed by atoms with van der Waals surface area (Å²) in [7, 11) is 0. The fourth-order valence-corrected chi connectivity index (χ4v) is 3.69. The van der Waals surface area contributed by atoms with Crippen LogP contribution in [0.1, 0.15) is 27.7 Å². The largest absolute Gasteiger partial charge is 0.356 e. The predicted molar refractivity (Wildman–Crippen MR) is 99.8 cm³/mol. The number of primary amides is 1. The Morgan fingerprint density at radius 1 is 1.15 bits per heavy atom. The summed E-state index contributed by atoms with van der Waals surface area (Å²) in [6.45, 7) is 0.765. The standard InChI is InChI=1S/C20H19FN4O2/c21-13-7-5-12(6-8-13)19(26)25-10-9-15-14-3-1-2-4-16(14)23-18(15)17(11-25)24-20(22)27/h1-8,17,23H,9-11H2,(H3,22,24,27). The number of nitrogens with zero attached hydrogens (tertiary/aromatic N) is 1. The van der Waals surface area contributed by atoms with E-state index in [-0.39, 0.29) is 12.5 Å². The molecule has 6 nitrogen and oxygen atoms in total. The highest BCUT2D eigenvalue weighted by Crippen LogP contribution is 2.30. The number of carbonyl (C=O) groups is 2. The minimum atomic E-state index is -0.652. The summed E-state index contributed by atoms with van der Waals surface area (Å²) < 4.78 is 13.2. The number of fused-ring (bicyclic) bond motifs is 3. The molecule has 3 amide bonds. The molecule has 0 fully saturated rings. The number of nitrogens with two attached hydrogens (primary N) is 1. The molecule has 4 N–H and O–H groups in total. The van der Waals surface area contributed by atoms with Crippen molar-refractivity contribution in [1.82, 2.24) is 15.2 Å². The normalized spacial score (nSPS) is 16.6. The second-order valence-electron chi connectivity index (χ2n) is 6.63. The molecule has 3 aromatic rings. The Balaban J connectivity index is 1.69. The molecule has 0 spiro atoms. The maximum atomic E-state index is 13.2. The van der Waals surface area contributed by atoms with Gasteiger partial charge in [0.1, 0.15) is 5.82 Å². The van der Waals surface area contributed by atoms with Gasteiger partial charge in [0, 0.05) is 35.2 Å². The number of urea groups is 1. The summed E-state index contributed by atoms with van der Waals surface area (Å²) in [5.74, 6) is -0.599. The first-order valence-electron chi connectivity index (χ1n) is 8.73. The first kappa shape index (κ1) is 17.1. The van der Waals surface area contributed by atoms with E-state index in [4.69, 9.17) is 5.73 Å². The highest BCUT2D eigenvalue weighted by molar-refractivity contribution is 5.94. The van der Waals surface area contributed by atoms with E-state index in [0.717, 1.165) is 22.2 Å². The van der Waals surface area contributed by atoms with E-state index in [1.807, 2.05) is 24.3 Å². The fourth-order valence-electron chi connectivity index (χ4n) is 3.69. The van der Waals surface area contributed by atoms with Crippen LogP contribution < -0.4 is 11.1 Å². The van der Waals surface area contributed by atoms with Gasteiger partial charge in [0.25, 0.3) is 5.91 Å². The van der Waals surface area contributed by atoms with Gasteiger partial charge in [-0.15, -0.1) is 0 Å². The van der Waals surface area contributed by atoms with E-state index in [1.165, 1.54) is 24.3 Å². The molecule has 138 valence electrons. The van der Waals surface area contributed by atoms with Crippen LogP contribution in [0, 0.1) is 5.82 Å². The van der Waals surface area contributed by atoms with Gasteiger partial charge in [-0.05, 0) is 42.3 Å². The Labute approximate surface area is 155 Å². The van der Waals surface area contributed by atoms with E-state index >= 15 is 0 Å². The molecule has 2 heterocycles. The molecule has 0 radical (unpaired) electrons.